The molecule has 0 saturated carbocycles. The molecule has 1 atom stereocenters. The number of urea groups is 1. The van der Waals surface area contributed by atoms with Crippen molar-refractivity contribution in [1.29, 1.82) is 0 Å². The molecule has 0 radical (unpaired) electrons. The molecule has 1 aromatic rings. The number of hydrogen-bond donors (Lipinski definition) is 2. The van der Waals surface area contributed by atoms with Crippen LogP contribution in [-0.2, 0) is 4.79 Å². The summed E-state index contributed by atoms with van der Waals surface area (Å²) in [7, 11) is 0. The smallest absolute Gasteiger partial charge is 0.320 e. The first-order valence-corrected chi connectivity index (χ1v) is 6.11. The van der Waals surface area contributed by atoms with E-state index in [0.29, 0.717) is 18.8 Å². The summed E-state index contributed by atoms with van der Waals surface area (Å²) in [5.74, 6) is 0.541. The zero-order chi connectivity index (χ0) is 13.6. The third-order valence-corrected chi connectivity index (χ3v) is 3.51. The number of pyridine rings is 1. The summed E-state index contributed by atoms with van der Waals surface area (Å²) in [5.41, 5.74) is 8.26. The molecule has 0 aromatic carbocycles. The van der Waals surface area contributed by atoms with Gasteiger partial charge in [0.1, 0.15) is 5.82 Å². The fraction of sp³-hybridized carbons (Fsp3) is 0.308. The first-order valence-electron chi connectivity index (χ1n) is 6.11. The van der Waals surface area contributed by atoms with Gasteiger partial charge in [-0.15, -0.1) is 0 Å². The molecular weight excluding hydrogens is 244 g/mol. The lowest BCUT2D eigenvalue weighted by molar-refractivity contribution is -0.121. The van der Waals surface area contributed by atoms with Crippen LogP contribution in [0.4, 0.5) is 10.6 Å². The minimum absolute atomic E-state index is 0.0250. The molecule has 3 heterocycles. The second-order valence-corrected chi connectivity index (χ2v) is 4.78. The molecule has 0 spiro atoms. The number of nitrogens with one attached hydrogen (secondary N) is 1. The highest BCUT2D eigenvalue weighted by molar-refractivity contribution is 6.00. The van der Waals surface area contributed by atoms with Crippen LogP contribution >= 0.6 is 0 Å². The Morgan fingerprint density at radius 2 is 2.37 bits per heavy atom. The van der Waals surface area contributed by atoms with E-state index < -0.39 is 6.03 Å². The lowest BCUT2D eigenvalue weighted by Gasteiger charge is -2.36. The minimum Gasteiger partial charge on any atom is -0.351 e. The largest absolute Gasteiger partial charge is 0.351 e. The van der Waals surface area contributed by atoms with Gasteiger partial charge in [0.2, 0.25) is 5.91 Å². The lowest BCUT2D eigenvalue weighted by atomic mass is 9.86. The molecule has 19 heavy (non-hydrogen) atoms. The lowest BCUT2D eigenvalue weighted by Crippen LogP contribution is -2.46. The first kappa shape index (κ1) is 11.7. The Morgan fingerprint density at radius 1 is 1.58 bits per heavy atom. The third kappa shape index (κ3) is 1.76. The maximum absolute atomic E-state index is 11.6. The van der Waals surface area contributed by atoms with Gasteiger partial charge in [-0.3, -0.25) is 9.69 Å². The van der Waals surface area contributed by atoms with Crippen LogP contribution in [0.5, 0.6) is 0 Å². The summed E-state index contributed by atoms with van der Waals surface area (Å²) < 4.78 is 0. The van der Waals surface area contributed by atoms with E-state index >= 15 is 0 Å². The summed E-state index contributed by atoms with van der Waals surface area (Å²) in [4.78, 5) is 28.8. The van der Waals surface area contributed by atoms with Gasteiger partial charge in [0.05, 0.1) is 12.6 Å². The molecule has 0 bridgehead atoms. The van der Waals surface area contributed by atoms with Crippen LogP contribution in [-0.4, -0.2) is 29.5 Å². The highest BCUT2D eigenvalue weighted by Gasteiger charge is 2.34. The summed E-state index contributed by atoms with van der Waals surface area (Å²) in [6.45, 7) is 2.27. The average molecular weight is 258 g/mol. The number of nitrogens with two attached hydrogens (primary N) is 1. The van der Waals surface area contributed by atoms with Crippen LogP contribution < -0.4 is 16.0 Å². The number of anilines is 1. The Bertz CT molecular complexity index is 608. The molecule has 0 saturated heterocycles. The molecule has 3 rings (SSSR count). The van der Waals surface area contributed by atoms with Crippen LogP contribution in [0.1, 0.15) is 18.9 Å². The van der Waals surface area contributed by atoms with Gasteiger partial charge < -0.3 is 11.1 Å². The SMILES string of the molecule is CC1NC(=O)CC2=C1c1cccnc1N(C(N)=O)C2. The Labute approximate surface area is 110 Å². The molecule has 2 aliphatic rings. The minimum atomic E-state index is -0.551. The average Bonchev–Trinajstić information content (AvgIpc) is 2.36. The van der Waals surface area contributed by atoms with Crippen molar-refractivity contribution >= 4 is 23.3 Å². The van der Waals surface area contributed by atoms with Gasteiger partial charge in [-0.2, -0.15) is 0 Å². The summed E-state index contributed by atoms with van der Waals surface area (Å²) in [6.07, 6.45) is 1.93. The number of carbonyl (C=O) groups is 2. The topological polar surface area (TPSA) is 88.3 Å². The van der Waals surface area contributed by atoms with Crippen molar-refractivity contribution in [2.24, 2.45) is 5.73 Å². The van der Waals surface area contributed by atoms with E-state index in [0.717, 1.165) is 16.7 Å². The van der Waals surface area contributed by atoms with Crippen molar-refractivity contribution in [2.45, 2.75) is 19.4 Å². The number of rotatable bonds is 0. The Balaban J connectivity index is 2.18. The van der Waals surface area contributed by atoms with Crippen LogP contribution in [0.25, 0.3) is 5.57 Å². The van der Waals surface area contributed by atoms with Gasteiger partial charge in [0, 0.05) is 18.2 Å². The Hall–Kier alpha value is -2.37. The van der Waals surface area contributed by atoms with E-state index in [1.54, 1.807) is 6.20 Å². The summed E-state index contributed by atoms with van der Waals surface area (Å²) in [5, 5.41) is 2.90. The predicted octanol–water partition coefficient (Wildman–Crippen LogP) is 0.642. The van der Waals surface area contributed by atoms with E-state index in [-0.39, 0.29) is 11.9 Å². The second-order valence-electron chi connectivity index (χ2n) is 4.78. The number of carbonyl (C=O) groups excluding carboxylic acids is 2. The Morgan fingerprint density at radius 3 is 3.11 bits per heavy atom. The van der Waals surface area contributed by atoms with Gasteiger partial charge in [-0.05, 0) is 30.2 Å². The molecule has 1 unspecified atom stereocenters. The second kappa shape index (κ2) is 4.08. The van der Waals surface area contributed by atoms with E-state index in [9.17, 15) is 9.59 Å². The van der Waals surface area contributed by atoms with E-state index in [2.05, 4.69) is 10.3 Å². The summed E-state index contributed by atoms with van der Waals surface area (Å²) >= 11 is 0. The molecule has 0 aliphatic carbocycles. The van der Waals surface area contributed by atoms with Gasteiger partial charge in [0.15, 0.2) is 0 Å². The molecule has 0 fully saturated rings. The van der Waals surface area contributed by atoms with Crippen LogP contribution in [0, 0.1) is 0 Å². The van der Waals surface area contributed by atoms with Crippen molar-refractivity contribution in [3.05, 3.63) is 29.5 Å². The van der Waals surface area contributed by atoms with Crippen molar-refractivity contribution in [3.8, 4) is 0 Å². The maximum Gasteiger partial charge on any atom is 0.320 e. The quantitative estimate of drug-likeness (QED) is 0.715. The zero-order valence-electron chi connectivity index (χ0n) is 10.5. The number of hydrogen-bond acceptors (Lipinski definition) is 3. The van der Waals surface area contributed by atoms with Gasteiger partial charge in [-0.25, -0.2) is 9.78 Å². The number of nitrogens with zero attached hydrogens (tertiary/aromatic N) is 2. The van der Waals surface area contributed by atoms with Crippen LogP contribution in [0.3, 0.4) is 0 Å². The van der Waals surface area contributed by atoms with Crippen molar-refractivity contribution in [3.63, 3.8) is 0 Å². The molecule has 1 aromatic heterocycles. The first-order chi connectivity index (χ1) is 9.08. The molecular formula is C13H14N4O2. The normalized spacial score (nSPS) is 21.6. The number of amides is 3. The molecule has 3 amide bonds. The molecule has 3 N–H and O–H groups in total. The van der Waals surface area contributed by atoms with Crippen molar-refractivity contribution < 1.29 is 9.59 Å². The van der Waals surface area contributed by atoms with Gasteiger partial charge >= 0.3 is 6.03 Å². The molecule has 98 valence electrons. The highest BCUT2D eigenvalue weighted by Crippen LogP contribution is 2.37. The predicted molar refractivity (Wildman–Crippen MR) is 70.3 cm³/mol. The fourth-order valence-corrected chi connectivity index (χ4v) is 2.80. The monoisotopic (exact) mass is 258 g/mol. The van der Waals surface area contributed by atoms with E-state index in [4.69, 9.17) is 5.73 Å². The molecule has 2 aliphatic heterocycles. The Kier molecular flexibility index (Phi) is 2.51. The van der Waals surface area contributed by atoms with Crippen LogP contribution in [0.2, 0.25) is 0 Å². The van der Waals surface area contributed by atoms with E-state index in [1.807, 2.05) is 19.1 Å². The summed E-state index contributed by atoms with van der Waals surface area (Å²) in [6, 6.07) is 3.09. The van der Waals surface area contributed by atoms with Gasteiger partial charge in [0.25, 0.3) is 0 Å². The van der Waals surface area contributed by atoms with Gasteiger partial charge in [-0.1, -0.05) is 0 Å². The number of aromatic nitrogens is 1. The maximum atomic E-state index is 11.6. The van der Waals surface area contributed by atoms with Crippen molar-refractivity contribution in [2.75, 3.05) is 11.4 Å². The van der Waals surface area contributed by atoms with Crippen molar-refractivity contribution in [1.82, 2.24) is 10.3 Å². The van der Waals surface area contributed by atoms with E-state index in [1.165, 1.54) is 4.90 Å². The van der Waals surface area contributed by atoms with Crippen LogP contribution in [0.15, 0.2) is 23.9 Å². The zero-order valence-corrected chi connectivity index (χ0v) is 10.5. The standard InChI is InChI=1S/C13H14N4O2/c1-7-11-8(5-10(18)16-7)6-17(13(14)19)12-9(11)3-2-4-15-12/h2-4,7H,5-6H2,1H3,(H2,14,19)(H,16,18). The molecule has 6 nitrogen and oxygen atoms in total. The fourth-order valence-electron chi connectivity index (χ4n) is 2.80. The highest BCUT2D eigenvalue weighted by atomic mass is 16.2. The third-order valence-electron chi connectivity index (χ3n) is 3.51. The number of primary amides is 1. The number of fused-ring (bicyclic) bond motifs is 2. The molecule has 6 heteroatoms.